The molecular formula is C20H22F3N3O3. The van der Waals surface area contributed by atoms with Gasteiger partial charge in [0.05, 0.1) is 11.8 Å². The van der Waals surface area contributed by atoms with Crippen LogP contribution in [0.25, 0.3) is 0 Å². The Morgan fingerprint density at radius 1 is 1.28 bits per heavy atom. The fraction of sp³-hybridized carbons (Fsp3) is 0.400. The van der Waals surface area contributed by atoms with Gasteiger partial charge in [0.25, 0.3) is 0 Å². The number of amides is 1. The molecule has 1 aromatic heterocycles. The summed E-state index contributed by atoms with van der Waals surface area (Å²) in [7, 11) is 0. The molecule has 3 rings (SSSR count). The molecule has 156 valence electrons. The molecule has 1 saturated heterocycles. The van der Waals surface area contributed by atoms with Crippen LogP contribution < -0.4 is 15.0 Å². The first-order valence-electron chi connectivity index (χ1n) is 9.27. The van der Waals surface area contributed by atoms with Crippen molar-refractivity contribution >= 4 is 11.6 Å². The molecule has 1 N–H and O–H groups in total. The first kappa shape index (κ1) is 20.9. The summed E-state index contributed by atoms with van der Waals surface area (Å²) in [6, 6.07) is 8.01. The molecule has 1 fully saturated rings. The van der Waals surface area contributed by atoms with E-state index >= 15 is 0 Å². The zero-order valence-corrected chi connectivity index (χ0v) is 15.9. The van der Waals surface area contributed by atoms with E-state index in [1.54, 1.807) is 18.2 Å². The standard InChI is InChI=1S/C20H22F3N3O3/c1-2-28-13-19(27)25-15-6-7-26(12-15)16-4-3-5-17(9-16)29-18-8-14(10-24-11-18)20(21,22)23/h3-5,8-11,15H,2,6-7,12-13H2,1H3,(H,25,27). The van der Waals surface area contributed by atoms with E-state index in [9.17, 15) is 18.0 Å². The highest BCUT2D eigenvalue weighted by molar-refractivity contribution is 5.77. The zero-order chi connectivity index (χ0) is 20.9. The van der Waals surface area contributed by atoms with Gasteiger partial charge in [-0.05, 0) is 31.5 Å². The molecule has 0 radical (unpaired) electrons. The number of rotatable bonds is 7. The Labute approximate surface area is 166 Å². The van der Waals surface area contributed by atoms with E-state index in [-0.39, 0.29) is 24.3 Å². The predicted octanol–water partition coefficient (Wildman–Crippen LogP) is 3.62. The van der Waals surface area contributed by atoms with Crippen molar-refractivity contribution < 1.29 is 27.4 Å². The lowest BCUT2D eigenvalue weighted by Crippen LogP contribution is -2.39. The maximum absolute atomic E-state index is 12.8. The van der Waals surface area contributed by atoms with Crippen molar-refractivity contribution in [2.24, 2.45) is 0 Å². The van der Waals surface area contributed by atoms with Crippen molar-refractivity contribution in [3.05, 3.63) is 48.3 Å². The van der Waals surface area contributed by atoms with E-state index in [1.165, 1.54) is 6.20 Å². The normalized spacial score (nSPS) is 16.7. The fourth-order valence-corrected chi connectivity index (χ4v) is 3.09. The van der Waals surface area contributed by atoms with Crippen LogP contribution in [-0.4, -0.2) is 43.2 Å². The summed E-state index contributed by atoms with van der Waals surface area (Å²) < 4.78 is 49.2. The van der Waals surface area contributed by atoms with Crippen LogP contribution in [0, 0.1) is 0 Å². The third-order valence-corrected chi connectivity index (χ3v) is 4.45. The lowest BCUT2D eigenvalue weighted by atomic mass is 10.2. The van der Waals surface area contributed by atoms with Crippen LogP contribution in [0.15, 0.2) is 42.7 Å². The average molecular weight is 409 g/mol. The van der Waals surface area contributed by atoms with Crippen molar-refractivity contribution in [2.75, 3.05) is 31.2 Å². The minimum Gasteiger partial charge on any atom is -0.456 e. The third-order valence-electron chi connectivity index (χ3n) is 4.45. The molecule has 0 spiro atoms. The first-order valence-corrected chi connectivity index (χ1v) is 9.27. The quantitative estimate of drug-likeness (QED) is 0.757. The number of halogens is 3. The van der Waals surface area contributed by atoms with Crippen molar-refractivity contribution in [3.8, 4) is 11.5 Å². The molecule has 2 heterocycles. The van der Waals surface area contributed by atoms with Gasteiger partial charge < -0.3 is 19.7 Å². The number of benzene rings is 1. The summed E-state index contributed by atoms with van der Waals surface area (Å²) in [6.07, 6.45) is -1.69. The lowest BCUT2D eigenvalue weighted by Gasteiger charge is -2.20. The minimum atomic E-state index is -4.48. The highest BCUT2D eigenvalue weighted by atomic mass is 19.4. The van der Waals surface area contributed by atoms with Gasteiger partial charge in [-0.2, -0.15) is 13.2 Å². The topological polar surface area (TPSA) is 63.7 Å². The summed E-state index contributed by atoms with van der Waals surface area (Å²) >= 11 is 0. The van der Waals surface area contributed by atoms with Crippen molar-refractivity contribution in [3.63, 3.8) is 0 Å². The minimum absolute atomic E-state index is 0.0134. The van der Waals surface area contributed by atoms with Gasteiger partial charge in [0.2, 0.25) is 5.91 Å². The molecule has 1 amide bonds. The molecule has 1 aromatic carbocycles. The Morgan fingerprint density at radius 3 is 2.86 bits per heavy atom. The number of aromatic nitrogens is 1. The van der Waals surface area contributed by atoms with E-state index in [4.69, 9.17) is 9.47 Å². The van der Waals surface area contributed by atoms with Gasteiger partial charge in [-0.3, -0.25) is 9.78 Å². The number of nitrogens with one attached hydrogen (secondary N) is 1. The third kappa shape index (κ3) is 5.83. The number of carbonyl (C=O) groups excluding carboxylic acids is 1. The second-order valence-electron chi connectivity index (χ2n) is 6.64. The van der Waals surface area contributed by atoms with Crippen LogP contribution in [0.1, 0.15) is 18.9 Å². The number of alkyl halides is 3. The van der Waals surface area contributed by atoms with E-state index in [0.29, 0.717) is 18.9 Å². The summed E-state index contributed by atoms with van der Waals surface area (Å²) in [5.74, 6) is 0.278. The highest BCUT2D eigenvalue weighted by Gasteiger charge is 2.31. The molecule has 1 unspecified atom stereocenters. The van der Waals surface area contributed by atoms with E-state index in [1.807, 2.05) is 13.0 Å². The smallest absolute Gasteiger partial charge is 0.418 e. The second kappa shape index (κ2) is 9.13. The van der Waals surface area contributed by atoms with Crippen molar-refractivity contribution in [1.82, 2.24) is 10.3 Å². The van der Waals surface area contributed by atoms with E-state index in [2.05, 4.69) is 15.2 Å². The number of carbonyl (C=O) groups is 1. The average Bonchev–Trinajstić information content (AvgIpc) is 3.14. The summed E-state index contributed by atoms with van der Waals surface area (Å²) in [6.45, 7) is 3.73. The molecule has 2 aromatic rings. The molecular weight excluding hydrogens is 387 g/mol. The molecule has 6 nitrogen and oxygen atoms in total. The monoisotopic (exact) mass is 409 g/mol. The number of hydrogen-bond donors (Lipinski definition) is 1. The second-order valence-corrected chi connectivity index (χ2v) is 6.64. The maximum Gasteiger partial charge on any atom is 0.418 e. The van der Waals surface area contributed by atoms with Crippen LogP contribution in [0.4, 0.5) is 18.9 Å². The van der Waals surface area contributed by atoms with Crippen LogP contribution in [0.3, 0.4) is 0 Å². The van der Waals surface area contributed by atoms with Crippen LogP contribution in [0.5, 0.6) is 11.5 Å². The molecule has 29 heavy (non-hydrogen) atoms. The summed E-state index contributed by atoms with van der Waals surface area (Å²) in [4.78, 5) is 17.5. The number of hydrogen-bond acceptors (Lipinski definition) is 5. The number of anilines is 1. The van der Waals surface area contributed by atoms with Gasteiger partial charge in [0, 0.05) is 43.7 Å². The van der Waals surface area contributed by atoms with Crippen LogP contribution in [-0.2, 0) is 15.7 Å². The van der Waals surface area contributed by atoms with Crippen LogP contribution >= 0.6 is 0 Å². The molecule has 1 atom stereocenters. The molecule has 0 aliphatic carbocycles. The van der Waals surface area contributed by atoms with Gasteiger partial charge in [0.15, 0.2) is 0 Å². The lowest BCUT2D eigenvalue weighted by molar-refractivity contribution is -0.138. The molecule has 0 bridgehead atoms. The predicted molar refractivity (Wildman–Crippen MR) is 101 cm³/mol. The van der Waals surface area contributed by atoms with Gasteiger partial charge in [0.1, 0.15) is 18.1 Å². The van der Waals surface area contributed by atoms with Gasteiger partial charge >= 0.3 is 6.18 Å². The Morgan fingerprint density at radius 2 is 2.10 bits per heavy atom. The molecule has 1 aliphatic rings. The Kier molecular flexibility index (Phi) is 6.58. The van der Waals surface area contributed by atoms with Crippen molar-refractivity contribution in [2.45, 2.75) is 25.6 Å². The summed E-state index contributed by atoms with van der Waals surface area (Å²) in [5.41, 5.74) is 0.000302. The zero-order valence-electron chi connectivity index (χ0n) is 15.9. The van der Waals surface area contributed by atoms with Gasteiger partial charge in [-0.25, -0.2) is 0 Å². The fourth-order valence-electron chi connectivity index (χ4n) is 3.09. The Hall–Kier alpha value is -2.81. The van der Waals surface area contributed by atoms with Crippen LogP contribution in [0.2, 0.25) is 0 Å². The SMILES string of the molecule is CCOCC(=O)NC1CCN(c2cccc(Oc3cncc(C(F)(F)F)c3)c2)C1. The number of pyridine rings is 1. The van der Waals surface area contributed by atoms with Gasteiger partial charge in [-0.15, -0.1) is 0 Å². The largest absolute Gasteiger partial charge is 0.456 e. The van der Waals surface area contributed by atoms with E-state index < -0.39 is 11.7 Å². The van der Waals surface area contributed by atoms with Crippen molar-refractivity contribution in [1.29, 1.82) is 0 Å². The van der Waals surface area contributed by atoms with E-state index in [0.717, 1.165) is 30.9 Å². The number of ether oxygens (including phenoxy) is 2. The molecule has 9 heteroatoms. The maximum atomic E-state index is 12.8. The first-order chi connectivity index (χ1) is 13.8. The highest BCUT2D eigenvalue weighted by Crippen LogP contribution is 2.33. The molecule has 1 aliphatic heterocycles. The molecule has 0 saturated carbocycles. The van der Waals surface area contributed by atoms with Gasteiger partial charge in [-0.1, -0.05) is 6.07 Å². The number of nitrogens with zero attached hydrogens (tertiary/aromatic N) is 2. The Balaban J connectivity index is 1.62. The summed E-state index contributed by atoms with van der Waals surface area (Å²) in [5, 5.41) is 2.94. The Bertz CT molecular complexity index is 845.